The second-order valence-electron chi connectivity index (χ2n) is 4.60. The van der Waals surface area contributed by atoms with Crippen molar-refractivity contribution in [1.82, 2.24) is 4.90 Å². The Labute approximate surface area is 112 Å². The molecule has 17 heavy (non-hydrogen) atoms. The summed E-state index contributed by atoms with van der Waals surface area (Å²) in [5, 5.41) is 0. The van der Waals surface area contributed by atoms with Gasteiger partial charge in [0.2, 0.25) is 5.91 Å². The zero-order valence-electron chi connectivity index (χ0n) is 9.70. The fourth-order valence-electron chi connectivity index (χ4n) is 2.14. The highest BCUT2D eigenvalue weighted by Crippen LogP contribution is 2.36. The molecular weight excluding hydrogens is 257 g/mol. The molecule has 0 bridgehead atoms. The van der Waals surface area contributed by atoms with Crippen LogP contribution in [0.15, 0.2) is 30.3 Å². The van der Waals surface area contributed by atoms with Crippen molar-refractivity contribution in [3.8, 4) is 0 Å². The molecule has 0 aromatic heterocycles. The number of carbonyl (C=O) groups excluding carboxylic acids is 1. The fraction of sp³-hybridized carbons (Fsp3) is 0.462. The van der Waals surface area contributed by atoms with Crippen molar-refractivity contribution in [3.05, 3.63) is 35.9 Å². The number of rotatable bonds is 3. The van der Waals surface area contributed by atoms with Gasteiger partial charge in [-0.15, -0.1) is 23.2 Å². The summed E-state index contributed by atoms with van der Waals surface area (Å²) in [6, 6.07) is 9.91. The lowest BCUT2D eigenvalue weighted by molar-refractivity contribution is -0.130. The van der Waals surface area contributed by atoms with Crippen molar-refractivity contribution in [1.29, 1.82) is 0 Å². The van der Waals surface area contributed by atoms with Gasteiger partial charge in [0.25, 0.3) is 0 Å². The second kappa shape index (κ2) is 4.87. The van der Waals surface area contributed by atoms with Crippen LogP contribution < -0.4 is 0 Å². The Hall–Kier alpha value is -0.730. The van der Waals surface area contributed by atoms with E-state index >= 15 is 0 Å². The number of nitrogens with zero attached hydrogens (tertiary/aromatic N) is 1. The highest BCUT2D eigenvalue weighted by Gasteiger charge is 2.48. The Morgan fingerprint density at radius 2 is 2.06 bits per heavy atom. The van der Waals surface area contributed by atoms with Gasteiger partial charge in [0, 0.05) is 24.9 Å². The zero-order valence-corrected chi connectivity index (χ0v) is 11.2. The second-order valence-corrected chi connectivity index (χ2v) is 5.69. The average Bonchev–Trinajstić information content (AvgIpc) is 2.54. The largest absolute Gasteiger partial charge is 0.336 e. The Morgan fingerprint density at radius 3 is 2.59 bits per heavy atom. The van der Waals surface area contributed by atoms with E-state index in [9.17, 15) is 4.79 Å². The smallest absolute Gasteiger partial charge is 0.244 e. The van der Waals surface area contributed by atoms with Crippen molar-refractivity contribution >= 4 is 29.1 Å². The first kappa shape index (κ1) is 12.7. The summed E-state index contributed by atoms with van der Waals surface area (Å²) in [5.74, 6) is 0.410. The highest BCUT2D eigenvalue weighted by atomic mass is 35.5. The van der Waals surface area contributed by atoms with Crippen LogP contribution in [0.4, 0.5) is 0 Å². The van der Waals surface area contributed by atoms with Gasteiger partial charge in [-0.2, -0.15) is 0 Å². The first-order valence-corrected chi connectivity index (χ1v) is 6.55. The molecule has 2 atom stereocenters. The topological polar surface area (TPSA) is 20.3 Å². The van der Waals surface area contributed by atoms with E-state index in [0.29, 0.717) is 19.0 Å². The predicted octanol–water partition coefficient (Wildman–Crippen LogP) is 2.88. The number of amides is 1. The molecule has 0 saturated carbocycles. The first-order chi connectivity index (χ1) is 8.05. The maximum absolute atomic E-state index is 12.1. The summed E-state index contributed by atoms with van der Waals surface area (Å²) < 4.78 is 0. The highest BCUT2D eigenvalue weighted by molar-refractivity contribution is 6.36. The number of hydrogen-bond acceptors (Lipinski definition) is 1. The summed E-state index contributed by atoms with van der Waals surface area (Å²) >= 11 is 12.1. The number of halogens is 2. The molecule has 92 valence electrons. The summed E-state index contributed by atoms with van der Waals surface area (Å²) in [6.45, 7) is 3.00. The fourth-order valence-corrected chi connectivity index (χ4v) is 2.89. The molecule has 1 aliphatic heterocycles. The van der Waals surface area contributed by atoms with Gasteiger partial charge in [0.1, 0.15) is 4.87 Å². The molecular formula is C13H15Cl2NO. The molecule has 1 aliphatic rings. The molecule has 1 saturated heterocycles. The van der Waals surface area contributed by atoms with Gasteiger partial charge >= 0.3 is 0 Å². The molecule has 2 nitrogen and oxygen atoms in total. The zero-order chi connectivity index (χ0) is 12.5. The van der Waals surface area contributed by atoms with E-state index in [2.05, 4.69) is 0 Å². The number of alkyl halides is 2. The molecule has 0 spiro atoms. The standard InChI is InChI=1S/C13H15Cl2NO/c1-13(15)11(7-14)9-16(12(13)17)8-10-5-3-2-4-6-10/h2-6,11H,7-9H2,1H3/t11-,13-/m1/s1. The minimum absolute atomic E-state index is 0.0158. The van der Waals surface area contributed by atoms with Crippen molar-refractivity contribution in [2.24, 2.45) is 5.92 Å². The van der Waals surface area contributed by atoms with Crippen LogP contribution in [0.25, 0.3) is 0 Å². The van der Waals surface area contributed by atoms with Crippen molar-refractivity contribution in [3.63, 3.8) is 0 Å². The van der Waals surface area contributed by atoms with E-state index < -0.39 is 4.87 Å². The quantitative estimate of drug-likeness (QED) is 0.775. The number of likely N-dealkylation sites (tertiary alicyclic amines) is 1. The molecule has 1 fully saturated rings. The van der Waals surface area contributed by atoms with Gasteiger partial charge in [-0.05, 0) is 12.5 Å². The SMILES string of the molecule is C[C@]1(Cl)C(=O)N(Cc2ccccc2)C[C@H]1CCl. The third-order valence-corrected chi connectivity index (χ3v) is 4.16. The number of hydrogen-bond donors (Lipinski definition) is 0. The van der Waals surface area contributed by atoms with E-state index in [4.69, 9.17) is 23.2 Å². The Bertz CT molecular complexity index is 405. The van der Waals surface area contributed by atoms with Crippen LogP contribution in [0.2, 0.25) is 0 Å². The Morgan fingerprint density at radius 1 is 1.41 bits per heavy atom. The van der Waals surface area contributed by atoms with E-state index in [0.717, 1.165) is 5.56 Å². The van der Waals surface area contributed by atoms with Crippen LogP contribution in [-0.2, 0) is 11.3 Å². The summed E-state index contributed by atoms with van der Waals surface area (Å²) in [6.07, 6.45) is 0. The molecule has 0 unspecified atom stereocenters. The van der Waals surface area contributed by atoms with Crippen LogP contribution in [0.5, 0.6) is 0 Å². The lowest BCUT2D eigenvalue weighted by atomic mass is 9.99. The Kier molecular flexibility index (Phi) is 3.64. The van der Waals surface area contributed by atoms with Gasteiger partial charge in [0.15, 0.2) is 0 Å². The van der Waals surface area contributed by atoms with Crippen LogP contribution in [0, 0.1) is 5.92 Å². The third kappa shape index (κ3) is 2.43. The number of carbonyl (C=O) groups is 1. The summed E-state index contributed by atoms with van der Waals surface area (Å²) in [4.78, 5) is 13.1. The van der Waals surface area contributed by atoms with Gasteiger partial charge in [-0.25, -0.2) is 0 Å². The van der Waals surface area contributed by atoms with Crippen molar-refractivity contribution in [2.75, 3.05) is 12.4 Å². The van der Waals surface area contributed by atoms with E-state index in [1.165, 1.54) is 0 Å². The van der Waals surface area contributed by atoms with Crippen molar-refractivity contribution < 1.29 is 4.79 Å². The molecule has 0 radical (unpaired) electrons. The van der Waals surface area contributed by atoms with Crippen LogP contribution in [0.1, 0.15) is 12.5 Å². The number of benzene rings is 1. The van der Waals surface area contributed by atoms with Crippen LogP contribution >= 0.6 is 23.2 Å². The third-order valence-electron chi connectivity index (χ3n) is 3.32. The molecule has 1 amide bonds. The molecule has 0 N–H and O–H groups in total. The van der Waals surface area contributed by atoms with Crippen LogP contribution in [-0.4, -0.2) is 28.1 Å². The maximum atomic E-state index is 12.1. The minimum atomic E-state index is -0.851. The maximum Gasteiger partial charge on any atom is 0.244 e. The lowest BCUT2D eigenvalue weighted by Gasteiger charge is -2.19. The molecule has 4 heteroatoms. The van der Waals surface area contributed by atoms with Crippen molar-refractivity contribution in [2.45, 2.75) is 18.3 Å². The lowest BCUT2D eigenvalue weighted by Crippen LogP contribution is -2.35. The van der Waals surface area contributed by atoms with Gasteiger partial charge < -0.3 is 4.90 Å². The van der Waals surface area contributed by atoms with Gasteiger partial charge in [-0.1, -0.05) is 30.3 Å². The Balaban J connectivity index is 2.12. The van der Waals surface area contributed by atoms with E-state index in [1.54, 1.807) is 11.8 Å². The molecule has 1 aromatic carbocycles. The van der Waals surface area contributed by atoms with Crippen LogP contribution in [0.3, 0.4) is 0 Å². The molecule has 1 aromatic rings. The molecule has 2 rings (SSSR count). The summed E-state index contributed by atoms with van der Waals surface area (Å²) in [7, 11) is 0. The predicted molar refractivity (Wildman–Crippen MR) is 70.3 cm³/mol. The van der Waals surface area contributed by atoms with E-state index in [-0.39, 0.29) is 11.8 Å². The monoisotopic (exact) mass is 271 g/mol. The van der Waals surface area contributed by atoms with Gasteiger partial charge in [0.05, 0.1) is 0 Å². The average molecular weight is 272 g/mol. The normalized spacial score (nSPS) is 28.8. The van der Waals surface area contributed by atoms with E-state index in [1.807, 2.05) is 30.3 Å². The molecule has 0 aliphatic carbocycles. The summed E-state index contributed by atoms with van der Waals surface area (Å²) in [5.41, 5.74) is 1.11. The van der Waals surface area contributed by atoms with Gasteiger partial charge in [-0.3, -0.25) is 4.79 Å². The minimum Gasteiger partial charge on any atom is -0.336 e. The first-order valence-electron chi connectivity index (χ1n) is 5.64. The molecule has 1 heterocycles.